The lowest BCUT2D eigenvalue weighted by atomic mass is 9.99. The number of nitrogens with two attached hydrogens (primary N) is 1. The fourth-order valence-electron chi connectivity index (χ4n) is 1.51. The summed E-state index contributed by atoms with van der Waals surface area (Å²) in [6.07, 6.45) is 0.217. The zero-order valence-corrected chi connectivity index (χ0v) is 8.25. The zero-order chi connectivity index (χ0) is 9.84. The molecule has 0 aliphatic carbocycles. The number of aliphatic hydroxyl groups excluding tert-OH is 1. The minimum absolute atomic E-state index is 0.411. The normalized spacial score (nSPS) is 12.9. The van der Waals surface area contributed by atoms with Crippen molar-refractivity contribution < 1.29 is 5.11 Å². The first-order valence-corrected chi connectivity index (χ1v) is 4.60. The molecular formula is C11H17NO. The van der Waals surface area contributed by atoms with Crippen LogP contribution in [0.5, 0.6) is 0 Å². The molecule has 0 aliphatic rings. The molecule has 72 valence electrons. The average Bonchev–Trinajstić information content (AvgIpc) is 2.04. The van der Waals surface area contributed by atoms with Gasteiger partial charge in [0.1, 0.15) is 0 Å². The van der Waals surface area contributed by atoms with Gasteiger partial charge in [-0.05, 0) is 37.9 Å². The molecule has 0 saturated carbocycles. The highest BCUT2D eigenvalue weighted by Gasteiger charge is 2.08. The van der Waals surface area contributed by atoms with Crippen molar-refractivity contribution in [3.8, 4) is 0 Å². The second-order valence-corrected chi connectivity index (χ2v) is 3.45. The quantitative estimate of drug-likeness (QED) is 0.741. The predicted molar refractivity (Wildman–Crippen MR) is 54.5 cm³/mol. The molecule has 1 rings (SSSR count). The van der Waals surface area contributed by atoms with Gasteiger partial charge in [0.25, 0.3) is 0 Å². The molecule has 0 amide bonds. The molecule has 0 saturated heterocycles. The Bertz CT molecular complexity index is 283. The lowest BCUT2D eigenvalue weighted by Gasteiger charge is -2.12. The fraction of sp³-hybridized carbons (Fsp3) is 0.455. The molecule has 3 N–H and O–H groups in total. The summed E-state index contributed by atoms with van der Waals surface area (Å²) < 4.78 is 0. The van der Waals surface area contributed by atoms with E-state index < -0.39 is 6.10 Å². The van der Waals surface area contributed by atoms with Crippen molar-refractivity contribution in [1.82, 2.24) is 0 Å². The van der Waals surface area contributed by atoms with E-state index in [0.717, 1.165) is 11.1 Å². The molecule has 1 aromatic rings. The van der Waals surface area contributed by atoms with Crippen LogP contribution in [0.15, 0.2) is 18.2 Å². The van der Waals surface area contributed by atoms with Crippen LogP contribution in [0.25, 0.3) is 0 Å². The minimum atomic E-state index is -0.411. The molecular weight excluding hydrogens is 162 g/mol. The van der Waals surface area contributed by atoms with Gasteiger partial charge in [0, 0.05) is 0 Å². The maximum Gasteiger partial charge on any atom is 0.0804 e. The average molecular weight is 179 g/mol. The van der Waals surface area contributed by atoms with Crippen LogP contribution in [0.4, 0.5) is 0 Å². The van der Waals surface area contributed by atoms with Crippen molar-refractivity contribution in [1.29, 1.82) is 0 Å². The maximum absolute atomic E-state index is 9.71. The Morgan fingerprint density at radius 2 is 2.08 bits per heavy atom. The zero-order valence-electron chi connectivity index (χ0n) is 8.25. The van der Waals surface area contributed by atoms with E-state index in [1.54, 1.807) is 0 Å². The van der Waals surface area contributed by atoms with E-state index in [2.05, 4.69) is 6.07 Å². The molecule has 1 unspecified atom stereocenters. The summed E-state index contributed by atoms with van der Waals surface area (Å²) in [5.41, 5.74) is 8.75. The Morgan fingerprint density at radius 3 is 2.62 bits per heavy atom. The molecule has 0 radical (unpaired) electrons. The van der Waals surface area contributed by atoms with E-state index in [-0.39, 0.29) is 0 Å². The molecule has 0 aliphatic heterocycles. The number of benzene rings is 1. The Kier molecular flexibility index (Phi) is 3.46. The second kappa shape index (κ2) is 4.40. The molecule has 0 heterocycles. The third-order valence-electron chi connectivity index (χ3n) is 2.22. The SMILES string of the molecule is Cc1ccc(C(O)CCN)c(C)c1. The Labute approximate surface area is 79.4 Å². The third kappa shape index (κ3) is 2.54. The Balaban J connectivity index is 2.88. The molecule has 1 atom stereocenters. The van der Waals surface area contributed by atoms with E-state index in [4.69, 9.17) is 5.73 Å². The molecule has 0 bridgehead atoms. The molecule has 1 aromatic carbocycles. The van der Waals surface area contributed by atoms with E-state index in [0.29, 0.717) is 13.0 Å². The van der Waals surface area contributed by atoms with Crippen molar-refractivity contribution in [2.24, 2.45) is 5.73 Å². The number of rotatable bonds is 3. The first kappa shape index (κ1) is 10.2. The first-order chi connectivity index (χ1) is 6.15. The van der Waals surface area contributed by atoms with Crippen LogP contribution < -0.4 is 5.73 Å². The van der Waals surface area contributed by atoms with Gasteiger partial charge in [-0.25, -0.2) is 0 Å². The highest BCUT2D eigenvalue weighted by atomic mass is 16.3. The summed E-state index contributed by atoms with van der Waals surface area (Å²) in [4.78, 5) is 0. The number of hydrogen-bond donors (Lipinski definition) is 2. The number of hydrogen-bond acceptors (Lipinski definition) is 2. The van der Waals surface area contributed by atoms with E-state index in [1.165, 1.54) is 5.56 Å². The number of aryl methyl sites for hydroxylation is 2. The van der Waals surface area contributed by atoms with E-state index in [9.17, 15) is 5.11 Å². The summed E-state index contributed by atoms with van der Waals surface area (Å²) in [7, 11) is 0. The van der Waals surface area contributed by atoms with Gasteiger partial charge in [0.2, 0.25) is 0 Å². The highest BCUT2D eigenvalue weighted by Crippen LogP contribution is 2.20. The van der Waals surface area contributed by atoms with Crippen LogP contribution in [-0.2, 0) is 0 Å². The van der Waals surface area contributed by atoms with Gasteiger partial charge in [-0.3, -0.25) is 0 Å². The largest absolute Gasteiger partial charge is 0.388 e. The van der Waals surface area contributed by atoms with Crippen molar-refractivity contribution in [3.05, 3.63) is 34.9 Å². The van der Waals surface area contributed by atoms with Gasteiger partial charge in [-0.1, -0.05) is 23.8 Å². The molecule has 0 fully saturated rings. The third-order valence-corrected chi connectivity index (χ3v) is 2.22. The highest BCUT2D eigenvalue weighted by molar-refractivity contribution is 5.31. The Hall–Kier alpha value is -0.860. The summed E-state index contributed by atoms with van der Waals surface area (Å²) in [5.74, 6) is 0. The molecule has 0 spiro atoms. The molecule has 2 heteroatoms. The van der Waals surface area contributed by atoms with Crippen LogP contribution in [-0.4, -0.2) is 11.7 Å². The van der Waals surface area contributed by atoms with Crippen LogP contribution in [0.2, 0.25) is 0 Å². The molecule has 0 aromatic heterocycles. The van der Waals surface area contributed by atoms with Crippen molar-refractivity contribution >= 4 is 0 Å². The second-order valence-electron chi connectivity index (χ2n) is 3.45. The summed E-state index contributed by atoms with van der Waals surface area (Å²) in [6.45, 7) is 4.59. The lowest BCUT2D eigenvalue weighted by molar-refractivity contribution is 0.169. The first-order valence-electron chi connectivity index (χ1n) is 4.60. The Morgan fingerprint density at radius 1 is 1.38 bits per heavy atom. The van der Waals surface area contributed by atoms with Crippen molar-refractivity contribution in [2.75, 3.05) is 6.54 Å². The lowest BCUT2D eigenvalue weighted by Crippen LogP contribution is -2.07. The van der Waals surface area contributed by atoms with E-state index in [1.807, 2.05) is 26.0 Å². The minimum Gasteiger partial charge on any atom is -0.388 e. The van der Waals surface area contributed by atoms with Gasteiger partial charge in [0.15, 0.2) is 0 Å². The molecule has 13 heavy (non-hydrogen) atoms. The summed E-state index contributed by atoms with van der Waals surface area (Å²) in [6, 6.07) is 6.07. The molecule has 2 nitrogen and oxygen atoms in total. The maximum atomic E-state index is 9.71. The smallest absolute Gasteiger partial charge is 0.0804 e. The van der Waals surface area contributed by atoms with Gasteiger partial charge >= 0.3 is 0 Å². The van der Waals surface area contributed by atoms with Crippen LogP contribution in [0.1, 0.15) is 29.2 Å². The fourth-order valence-corrected chi connectivity index (χ4v) is 1.51. The number of aliphatic hydroxyl groups is 1. The van der Waals surface area contributed by atoms with Gasteiger partial charge < -0.3 is 10.8 Å². The van der Waals surface area contributed by atoms with Crippen LogP contribution >= 0.6 is 0 Å². The monoisotopic (exact) mass is 179 g/mol. The van der Waals surface area contributed by atoms with Crippen molar-refractivity contribution in [2.45, 2.75) is 26.4 Å². The van der Waals surface area contributed by atoms with Crippen LogP contribution in [0.3, 0.4) is 0 Å². The standard InChI is InChI=1S/C11H17NO/c1-8-3-4-10(9(2)7-8)11(13)5-6-12/h3-4,7,11,13H,5-6,12H2,1-2H3. The van der Waals surface area contributed by atoms with Gasteiger partial charge in [-0.2, -0.15) is 0 Å². The van der Waals surface area contributed by atoms with Crippen LogP contribution in [0, 0.1) is 13.8 Å². The predicted octanol–water partition coefficient (Wildman–Crippen LogP) is 1.69. The summed E-state index contributed by atoms with van der Waals surface area (Å²) >= 11 is 0. The summed E-state index contributed by atoms with van der Waals surface area (Å²) in [5, 5.41) is 9.71. The van der Waals surface area contributed by atoms with Gasteiger partial charge in [-0.15, -0.1) is 0 Å². The van der Waals surface area contributed by atoms with Gasteiger partial charge in [0.05, 0.1) is 6.10 Å². The topological polar surface area (TPSA) is 46.2 Å². The van der Waals surface area contributed by atoms with Crippen molar-refractivity contribution in [3.63, 3.8) is 0 Å². The van der Waals surface area contributed by atoms with E-state index >= 15 is 0 Å².